The van der Waals surface area contributed by atoms with Gasteiger partial charge in [-0.3, -0.25) is 14.6 Å². The molecule has 2 N–H and O–H groups in total. The lowest BCUT2D eigenvalue weighted by Crippen LogP contribution is -2.35. The van der Waals surface area contributed by atoms with E-state index in [1.807, 2.05) is 5.10 Å². The Morgan fingerprint density at radius 3 is 2.28 bits per heavy atom. The number of halogens is 6. The van der Waals surface area contributed by atoms with Gasteiger partial charge in [0.1, 0.15) is 5.69 Å². The first-order chi connectivity index (χ1) is 14.4. The molecule has 0 aromatic carbocycles. The second kappa shape index (κ2) is 7.14. The number of aliphatic carboxylic acids is 1. The van der Waals surface area contributed by atoms with Crippen LogP contribution in [0.2, 0.25) is 0 Å². The number of nitrogens with zero attached hydrogens (tertiary/aromatic N) is 3. The Morgan fingerprint density at radius 1 is 1.25 bits per heavy atom. The maximum atomic E-state index is 13.1. The van der Waals surface area contributed by atoms with Gasteiger partial charge in [0, 0.05) is 23.6 Å². The van der Waals surface area contributed by atoms with Gasteiger partial charge >= 0.3 is 18.3 Å². The molecule has 4 rings (SSSR count). The molecule has 7 nitrogen and oxygen atoms in total. The molecule has 2 aromatic rings. The van der Waals surface area contributed by atoms with Crippen LogP contribution in [-0.4, -0.2) is 36.8 Å². The minimum atomic E-state index is -5.08. The lowest BCUT2D eigenvalue weighted by atomic mass is 9.70. The molecule has 0 saturated heterocycles. The van der Waals surface area contributed by atoms with Gasteiger partial charge in [0.25, 0.3) is 5.56 Å². The molecule has 0 radical (unpaired) electrons. The molecular weight excluding hydrogens is 446 g/mol. The fraction of sp³-hybridized carbons (Fsp3) is 0.632. The normalized spacial score (nSPS) is 23.6. The van der Waals surface area contributed by atoms with E-state index in [9.17, 15) is 31.1 Å². The van der Waals surface area contributed by atoms with E-state index in [2.05, 4.69) is 25.9 Å². The predicted octanol–water partition coefficient (Wildman–Crippen LogP) is 3.79. The number of carboxylic acid groups (broad SMARTS) is 1. The van der Waals surface area contributed by atoms with Crippen LogP contribution in [0.3, 0.4) is 0 Å². The molecule has 2 heterocycles. The summed E-state index contributed by atoms with van der Waals surface area (Å²) in [6, 6.07) is 0. The van der Waals surface area contributed by atoms with Gasteiger partial charge in [0.2, 0.25) is 0 Å². The molecule has 2 aliphatic rings. The van der Waals surface area contributed by atoms with E-state index >= 15 is 0 Å². The highest BCUT2D eigenvalue weighted by atomic mass is 19.4. The smallest absolute Gasteiger partial charge is 0.475 e. The highest BCUT2D eigenvalue weighted by Gasteiger charge is 2.62. The lowest BCUT2D eigenvalue weighted by molar-refractivity contribution is -0.192. The summed E-state index contributed by atoms with van der Waals surface area (Å²) in [4.78, 5) is 21.9. The summed E-state index contributed by atoms with van der Waals surface area (Å²) in [7, 11) is 1.77. The lowest BCUT2D eigenvalue weighted by Gasteiger charge is -2.36. The molecule has 0 amide bonds. The average Bonchev–Trinajstić information content (AvgIpc) is 3.31. The van der Waals surface area contributed by atoms with E-state index in [0.717, 1.165) is 30.3 Å². The molecule has 0 spiro atoms. The number of hydrogen-bond donors (Lipinski definition) is 2. The Morgan fingerprint density at radius 2 is 1.81 bits per heavy atom. The number of alkyl halides is 6. The van der Waals surface area contributed by atoms with E-state index in [0.29, 0.717) is 0 Å². The number of fused-ring (bicyclic) bond motifs is 5. The van der Waals surface area contributed by atoms with Crippen molar-refractivity contribution in [2.45, 2.75) is 63.8 Å². The molecule has 32 heavy (non-hydrogen) atoms. The highest BCUT2D eigenvalue weighted by Crippen LogP contribution is 2.66. The minimum absolute atomic E-state index is 0.0134. The Labute approximate surface area is 178 Å². The summed E-state index contributed by atoms with van der Waals surface area (Å²) >= 11 is 0. The number of carbonyl (C=O) groups is 1. The fourth-order valence-electron chi connectivity index (χ4n) is 5.08. The first kappa shape index (κ1) is 23.9. The molecule has 13 heteroatoms. The van der Waals surface area contributed by atoms with E-state index in [1.165, 1.54) is 4.68 Å². The molecule has 1 saturated carbocycles. The Balaban J connectivity index is 0.000000360. The molecule has 2 aliphatic carbocycles. The van der Waals surface area contributed by atoms with Crippen molar-refractivity contribution < 1.29 is 36.2 Å². The molecule has 1 fully saturated rings. The second-order valence-corrected chi connectivity index (χ2v) is 8.86. The number of carboxylic acids is 1. The van der Waals surface area contributed by atoms with Gasteiger partial charge in [0.05, 0.1) is 18.4 Å². The van der Waals surface area contributed by atoms with Crippen molar-refractivity contribution >= 4 is 5.97 Å². The number of rotatable bonds is 2. The summed E-state index contributed by atoms with van der Waals surface area (Å²) in [5.74, 6) is -2.59. The zero-order valence-electron chi connectivity index (χ0n) is 17.6. The van der Waals surface area contributed by atoms with Gasteiger partial charge in [0.15, 0.2) is 0 Å². The maximum Gasteiger partial charge on any atom is 0.490 e. The van der Waals surface area contributed by atoms with Crippen LogP contribution in [0.15, 0.2) is 11.0 Å². The van der Waals surface area contributed by atoms with Gasteiger partial charge in [-0.25, -0.2) is 9.48 Å². The van der Waals surface area contributed by atoms with Gasteiger partial charge < -0.3 is 5.11 Å². The van der Waals surface area contributed by atoms with E-state index < -0.39 is 24.0 Å². The van der Waals surface area contributed by atoms with Crippen molar-refractivity contribution in [1.82, 2.24) is 19.6 Å². The molecule has 0 aliphatic heterocycles. The zero-order valence-corrected chi connectivity index (χ0v) is 17.6. The third kappa shape index (κ3) is 3.41. The van der Waals surface area contributed by atoms with Crippen LogP contribution in [0.25, 0.3) is 0 Å². The molecule has 0 unspecified atom stereocenters. The van der Waals surface area contributed by atoms with Crippen molar-refractivity contribution in [2.75, 3.05) is 0 Å². The topological polar surface area (TPSA) is 92.9 Å². The summed E-state index contributed by atoms with van der Waals surface area (Å²) in [6.45, 7) is 6.40. The fourth-order valence-corrected chi connectivity index (χ4v) is 5.08. The Kier molecular flexibility index (Phi) is 5.34. The molecular formula is C19H22F6N4O3. The minimum Gasteiger partial charge on any atom is -0.475 e. The molecule has 2 atom stereocenters. The van der Waals surface area contributed by atoms with E-state index in [4.69, 9.17) is 9.90 Å². The van der Waals surface area contributed by atoms with Crippen molar-refractivity contribution in [3.63, 3.8) is 0 Å². The van der Waals surface area contributed by atoms with E-state index in [-0.39, 0.29) is 34.4 Å². The van der Waals surface area contributed by atoms with Crippen LogP contribution in [0.5, 0.6) is 0 Å². The van der Waals surface area contributed by atoms with Crippen LogP contribution >= 0.6 is 0 Å². The monoisotopic (exact) mass is 468 g/mol. The number of aromatic amines is 1. The number of hydrogen-bond acceptors (Lipinski definition) is 3. The number of H-pyrrole nitrogens is 1. The summed E-state index contributed by atoms with van der Waals surface area (Å²) < 4.78 is 74.2. The summed E-state index contributed by atoms with van der Waals surface area (Å²) in [5.41, 5.74) is 0.541. The van der Waals surface area contributed by atoms with Crippen molar-refractivity contribution in [3.05, 3.63) is 39.1 Å². The zero-order chi connectivity index (χ0) is 24.4. The largest absolute Gasteiger partial charge is 0.490 e. The van der Waals surface area contributed by atoms with Gasteiger partial charge in [-0.05, 0) is 24.2 Å². The van der Waals surface area contributed by atoms with Gasteiger partial charge in [-0.15, -0.1) is 0 Å². The van der Waals surface area contributed by atoms with Crippen LogP contribution in [-0.2, 0) is 30.0 Å². The quantitative estimate of drug-likeness (QED) is 0.656. The van der Waals surface area contributed by atoms with Gasteiger partial charge in [-0.1, -0.05) is 20.8 Å². The first-order valence-corrected chi connectivity index (χ1v) is 9.64. The van der Waals surface area contributed by atoms with Crippen LogP contribution in [0, 0.1) is 5.41 Å². The van der Waals surface area contributed by atoms with Crippen LogP contribution < -0.4 is 5.56 Å². The third-order valence-electron chi connectivity index (χ3n) is 7.07. The summed E-state index contributed by atoms with van der Waals surface area (Å²) in [5, 5.41) is 12.6. The van der Waals surface area contributed by atoms with Crippen molar-refractivity contribution in [2.24, 2.45) is 12.5 Å². The average molecular weight is 468 g/mol. The molecule has 2 aromatic heterocycles. The SMILES string of the molecule is Cn1c2c(c(=O)n1Cc1cn[nH]c1C(F)(F)F)[C@@H]1CC[C@@]2(C)C1(C)C.O=C(O)C(F)(F)F. The number of aromatic nitrogens is 4. The van der Waals surface area contributed by atoms with Crippen molar-refractivity contribution in [3.8, 4) is 0 Å². The second-order valence-electron chi connectivity index (χ2n) is 8.86. The summed E-state index contributed by atoms with van der Waals surface area (Å²) in [6.07, 6.45) is -6.51. The maximum absolute atomic E-state index is 13.1. The molecule has 2 bridgehead atoms. The standard InChI is InChI=1S/C17H21F3N4O.C2HF3O2/c1-15(2)10-5-6-16(15,3)13-11(10)14(25)24(23(13)4)8-9-7-21-22-12(9)17(18,19)20;3-2(4,5)1(6)7/h7,10H,5-6,8H2,1-4H3,(H,21,22);(H,6,7)/t10-,16+;/m0./s1. The first-order valence-electron chi connectivity index (χ1n) is 9.64. The van der Waals surface area contributed by atoms with Crippen LogP contribution in [0.4, 0.5) is 26.3 Å². The highest BCUT2D eigenvalue weighted by molar-refractivity contribution is 5.73. The van der Waals surface area contributed by atoms with Crippen molar-refractivity contribution in [1.29, 1.82) is 0 Å². The Bertz CT molecular complexity index is 1110. The van der Waals surface area contributed by atoms with E-state index in [1.54, 1.807) is 11.7 Å². The molecule has 178 valence electrons. The Hall–Kier alpha value is -2.73. The number of nitrogens with one attached hydrogen (secondary N) is 1. The predicted molar refractivity (Wildman–Crippen MR) is 99.2 cm³/mol. The van der Waals surface area contributed by atoms with Crippen LogP contribution in [0.1, 0.15) is 62.0 Å². The van der Waals surface area contributed by atoms with Gasteiger partial charge in [-0.2, -0.15) is 31.4 Å². The third-order valence-corrected chi connectivity index (χ3v) is 7.07.